The van der Waals surface area contributed by atoms with E-state index in [1.807, 2.05) is 85.2 Å². The lowest BCUT2D eigenvalue weighted by atomic mass is 9.89. The predicted molar refractivity (Wildman–Crippen MR) is 259 cm³/mol. The highest BCUT2D eigenvalue weighted by molar-refractivity contribution is 6.14. The van der Waals surface area contributed by atoms with Gasteiger partial charge in [-0.1, -0.05) is 149 Å². The molecule has 2 atom stereocenters. The first kappa shape index (κ1) is 40.7. The van der Waals surface area contributed by atoms with Gasteiger partial charge in [0, 0.05) is 45.8 Å². The fourth-order valence-electron chi connectivity index (χ4n) is 9.12. The number of phenols is 2. The third kappa shape index (κ3) is 8.10. The van der Waals surface area contributed by atoms with Gasteiger partial charge in [-0.05, 0) is 93.0 Å². The van der Waals surface area contributed by atoms with Crippen LogP contribution in [0.4, 0.5) is 0 Å². The number of benzene rings is 8. The summed E-state index contributed by atoms with van der Waals surface area (Å²) in [6, 6.07) is 45.1. The largest absolute Gasteiger partial charge is 0.507 e. The van der Waals surface area contributed by atoms with Crippen molar-refractivity contribution in [1.29, 1.82) is 0 Å². The average Bonchev–Trinajstić information content (AvgIpc) is 3.31. The first-order chi connectivity index (χ1) is 30.5. The summed E-state index contributed by atoms with van der Waals surface area (Å²) in [6.07, 6.45) is 11.5. The Bertz CT molecular complexity index is 2750. The molecule has 8 aromatic rings. The van der Waals surface area contributed by atoms with Crippen molar-refractivity contribution in [1.82, 2.24) is 0 Å². The molecule has 8 aromatic carbocycles. The second-order valence-electron chi connectivity index (χ2n) is 16.5. The van der Waals surface area contributed by atoms with Crippen molar-refractivity contribution in [2.45, 2.75) is 77.3 Å². The number of phenolic OH excluding ortho intramolecular Hbond substituents is 2. The zero-order valence-corrected chi connectivity index (χ0v) is 35.7. The lowest BCUT2D eigenvalue weighted by Crippen LogP contribution is -2.27. The van der Waals surface area contributed by atoms with Crippen LogP contribution in [0.5, 0.6) is 23.0 Å². The van der Waals surface area contributed by atoms with Crippen LogP contribution in [0.2, 0.25) is 0 Å². The number of fused-ring (bicyclic) bond motifs is 4. The molecule has 0 saturated heterocycles. The maximum atomic E-state index is 12.3. The lowest BCUT2D eigenvalue weighted by Gasteiger charge is -2.26. The molecule has 0 aliphatic heterocycles. The third-order valence-corrected chi connectivity index (χ3v) is 12.4. The summed E-state index contributed by atoms with van der Waals surface area (Å²) in [5, 5.41) is 32.8. The van der Waals surface area contributed by atoms with Gasteiger partial charge in [0.25, 0.3) is 0 Å². The van der Waals surface area contributed by atoms with Crippen LogP contribution in [0.25, 0.3) is 65.3 Å². The van der Waals surface area contributed by atoms with Crippen LogP contribution in [0, 0.1) is 0 Å². The van der Waals surface area contributed by atoms with Gasteiger partial charge in [-0.3, -0.25) is 9.98 Å². The van der Waals surface area contributed by atoms with Crippen molar-refractivity contribution in [2.75, 3.05) is 13.2 Å². The number of nitrogens with zero attached hydrogens (tertiary/aromatic N) is 2. The summed E-state index contributed by atoms with van der Waals surface area (Å²) in [5.41, 5.74) is 4.59. The van der Waals surface area contributed by atoms with Crippen LogP contribution in [-0.4, -0.2) is 47.9 Å². The Labute approximate surface area is 364 Å². The van der Waals surface area contributed by atoms with Crippen LogP contribution in [-0.2, 0) is 0 Å². The van der Waals surface area contributed by atoms with E-state index < -0.39 is 0 Å². The quantitative estimate of drug-likeness (QED) is 0.0845. The van der Waals surface area contributed by atoms with Crippen molar-refractivity contribution in [3.8, 4) is 45.3 Å². The van der Waals surface area contributed by atoms with Crippen molar-refractivity contribution in [2.24, 2.45) is 9.98 Å². The van der Waals surface area contributed by atoms with Gasteiger partial charge in [0.1, 0.15) is 23.0 Å². The summed E-state index contributed by atoms with van der Waals surface area (Å²) in [5.74, 6) is 1.88. The SMILES string of the molecule is CCCCOc1ccc2ccccc2c1-c1c(O)c(C=N[C@@H]2CCCC[C@H]2N=Cc2cc3ccccc3c(-c3c(OCCCC)ccc4ccccc34)c2O)cc2ccccc12. The topological polar surface area (TPSA) is 83.6 Å². The molecule has 0 radical (unpaired) electrons. The van der Waals surface area contributed by atoms with E-state index >= 15 is 0 Å². The monoisotopic (exact) mass is 818 g/mol. The molecule has 1 fully saturated rings. The molecule has 1 saturated carbocycles. The van der Waals surface area contributed by atoms with E-state index in [-0.39, 0.29) is 23.6 Å². The molecule has 6 heteroatoms. The first-order valence-corrected chi connectivity index (χ1v) is 22.4. The Balaban J connectivity index is 1.10. The van der Waals surface area contributed by atoms with Gasteiger partial charge in [0.05, 0.1) is 25.3 Å². The molecule has 0 unspecified atom stereocenters. The molecule has 1 aliphatic carbocycles. The van der Waals surface area contributed by atoms with Gasteiger partial charge in [-0.2, -0.15) is 0 Å². The Morgan fingerprint density at radius 2 is 0.855 bits per heavy atom. The van der Waals surface area contributed by atoms with E-state index in [2.05, 4.69) is 74.5 Å². The highest BCUT2D eigenvalue weighted by atomic mass is 16.5. The zero-order chi connectivity index (χ0) is 42.4. The van der Waals surface area contributed by atoms with E-state index in [1.165, 1.54) is 0 Å². The standard InChI is InChI=1S/C56H54N2O4/c1-3-5-31-61-49-29-27-37-17-7-11-21-43(37)51(49)53-45-23-13-9-19-39(45)33-41(55(53)59)35-57-47-25-15-16-26-48(47)58-36-42-34-40-20-10-14-24-46(40)54(56(42)60)52-44-22-12-8-18-38(44)28-30-50(52)62-32-6-4-2/h7-14,17-24,27-30,33-36,47-48,59-60H,3-6,15-16,25-26,31-32H2,1-2H3/t47-,48-/m1/s1. The number of hydrogen-bond acceptors (Lipinski definition) is 6. The fourth-order valence-corrected chi connectivity index (χ4v) is 9.12. The Hall–Kier alpha value is -6.66. The molecule has 0 aromatic heterocycles. The highest BCUT2D eigenvalue weighted by Crippen LogP contribution is 2.48. The second-order valence-corrected chi connectivity index (χ2v) is 16.5. The molecule has 2 N–H and O–H groups in total. The number of unbranched alkanes of at least 4 members (excludes halogenated alkanes) is 2. The van der Waals surface area contributed by atoms with Crippen LogP contribution < -0.4 is 9.47 Å². The molecule has 0 bridgehead atoms. The minimum Gasteiger partial charge on any atom is -0.507 e. The van der Waals surface area contributed by atoms with E-state index in [4.69, 9.17) is 19.5 Å². The molecule has 0 heterocycles. The molecule has 62 heavy (non-hydrogen) atoms. The van der Waals surface area contributed by atoms with Gasteiger partial charge in [0.15, 0.2) is 0 Å². The van der Waals surface area contributed by atoms with E-state index in [9.17, 15) is 10.2 Å². The highest BCUT2D eigenvalue weighted by Gasteiger charge is 2.26. The molecule has 0 amide bonds. The van der Waals surface area contributed by atoms with Crippen molar-refractivity contribution >= 4 is 55.5 Å². The number of ether oxygens (including phenoxy) is 2. The summed E-state index contributed by atoms with van der Waals surface area (Å²) in [7, 11) is 0. The summed E-state index contributed by atoms with van der Waals surface area (Å²) in [6.45, 7) is 5.51. The molecular weight excluding hydrogens is 765 g/mol. The first-order valence-electron chi connectivity index (χ1n) is 22.4. The predicted octanol–water partition coefficient (Wildman–Crippen LogP) is 14.3. The molecule has 312 valence electrons. The Morgan fingerprint density at radius 1 is 0.484 bits per heavy atom. The number of aromatic hydroxyl groups is 2. The van der Waals surface area contributed by atoms with Crippen LogP contribution >= 0.6 is 0 Å². The van der Waals surface area contributed by atoms with Crippen LogP contribution in [0.3, 0.4) is 0 Å². The van der Waals surface area contributed by atoms with E-state index in [1.54, 1.807) is 0 Å². The van der Waals surface area contributed by atoms with E-state index in [0.29, 0.717) is 24.3 Å². The smallest absolute Gasteiger partial charge is 0.132 e. The van der Waals surface area contributed by atoms with Gasteiger partial charge in [-0.15, -0.1) is 0 Å². The molecule has 6 nitrogen and oxygen atoms in total. The molecule has 0 spiro atoms. The van der Waals surface area contributed by atoms with E-state index in [0.717, 1.165) is 128 Å². The second kappa shape index (κ2) is 18.5. The third-order valence-electron chi connectivity index (χ3n) is 12.4. The Morgan fingerprint density at radius 3 is 1.26 bits per heavy atom. The average molecular weight is 819 g/mol. The minimum absolute atomic E-state index is 0.0986. The van der Waals surface area contributed by atoms with Crippen molar-refractivity contribution in [3.05, 3.63) is 145 Å². The van der Waals surface area contributed by atoms with Gasteiger partial charge in [0.2, 0.25) is 0 Å². The number of aliphatic imine (C=N–C) groups is 2. The summed E-state index contributed by atoms with van der Waals surface area (Å²) < 4.78 is 12.9. The summed E-state index contributed by atoms with van der Waals surface area (Å²) in [4.78, 5) is 10.4. The van der Waals surface area contributed by atoms with Crippen molar-refractivity contribution < 1.29 is 19.7 Å². The van der Waals surface area contributed by atoms with Crippen molar-refractivity contribution in [3.63, 3.8) is 0 Å². The van der Waals surface area contributed by atoms with Gasteiger partial charge < -0.3 is 19.7 Å². The summed E-state index contributed by atoms with van der Waals surface area (Å²) >= 11 is 0. The maximum absolute atomic E-state index is 12.3. The molecular formula is C56H54N2O4. The van der Waals surface area contributed by atoms with Gasteiger partial charge in [-0.25, -0.2) is 0 Å². The zero-order valence-electron chi connectivity index (χ0n) is 35.7. The number of rotatable bonds is 14. The lowest BCUT2D eigenvalue weighted by molar-refractivity contribution is 0.310. The maximum Gasteiger partial charge on any atom is 0.132 e. The fraction of sp³-hybridized carbons (Fsp3) is 0.250. The molecule has 9 rings (SSSR count). The van der Waals surface area contributed by atoms with Gasteiger partial charge >= 0.3 is 0 Å². The van der Waals surface area contributed by atoms with Crippen LogP contribution in [0.1, 0.15) is 76.3 Å². The normalized spacial score (nSPS) is 15.7. The minimum atomic E-state index is -0.0986. The molecule has 1 aliphatic rings. The Kier molecular flexibility index (Phi) is 12.2. The van der Waals surface area contributed by atoms with Crippen LogP contribution in [0.15, 0.2) is 143 Å². The number of hydrogen-bond donors (Lipinski definition) is 2.